The number of hydrogen-bond acceptors (Lipinski definition) is 12. The zero-order chi connectivity index (χ0) is 52.7. The summed E-state index contributed by atoms with van der Waals surface area (Å²) in [6, 6.07) is -0.841. The van der Waals surface area contributed by atoms with Gasteiger partial charge in [-0.3, -0.25) is 43.2 Å². The SMILES string of the molecule is CC(C)C[C@H](NC(=O)[C@H](Cc1ccccc1)NC(=O)[C@H](CC(C)C)NC(=O)[C@H](CC(C)C)NC(=O)[C@@H](NC(=O)CNC(=O)CNC(=O)[C@@H](NC(=O)[C@H](C)N)C(C)C)C(C)C)C(=O)N[C@@H](CO)C(=O)O. The van der Waals surface area contributed by atoms with E-state index in [0.717, 1.165) is 0 Å². The first-order valence-electron chi connectivity index (χ1n) is 23.5. The van der Waals surface area contributed by atoms with Gasteiger partial charge >= 0.3 is 5.97 Å². The molecule has 0 heterocycles. The van der Waals surface area contributed by atoms with E-state index in [2.05, 4.69) is 47.9 Å². The third-order valence-electron chi connectivity index (χ3n) is 10.5. The smallest absolute Gasteiger partial charge is 0.328 e. The lowest BCUT2D eigenvalue weighted by Gasteiger charge is -2.29. The summed E-state index contributed by atoms with van der Waals surface area (Å²) in [5.74, 6) is -9.18. The van der Waals surface area contributed by atoms with Crippen LogP contribution in [0.5, 0.6) is 0 Å². The summed E-state index contributed by atoms with van der Waals surface area (Å²) in [6.45, 7) is 17.1. The van der Waals surface area contributed by atoms with Crippen molar-refractivity contribution in [1.29, 1.82) is 0 Å². The summed E-state index contributed by atoms with van der Waals surface area (Å²) in [4.78, 5) is 131. The molecule has 388 valence electrons. The Morgan fingerprint density at radius 2 is 0.855 bits per heavy atom. The summed E-state index contributed by atoms with van der Waals surface area (Å²) in [5.41, 5.74) is 6.24. The highest BCUT2D eigenvalue weighted by atomic mass is 16.4. The molecule has 22 heteroatoms. The third-order valence-corrected chi connectivity index (χ3v) is 10.5. The van der Waals surface area contributed by atoms with Crippen LogP contribution in [0.1, 0.15) is 101 Å². The highest BCUT2D eigenvalue weighted by Gasteiger charge is 2.35. The molecule has 0 spiro atoms. The molecule has 13 N–H and O–H groups in total. The maximum absolute atomic E-state index is 14.2. The molecule has 0 aliphatic heterocycles. The molecule has 9 amide bonds. The number of nitrogens with one attached hydrogen (secondary N) is 9. The summed E-state index contributed by atoms with van der Waals surface area (Å²) < 4.78 is 0. The lowest BCUT2D eigenvalue weighted by molar-refractivity contribution is -0.143. The van der Waals surface area contributed by atoms with E-state index in [9.17, 15) is 58.2 Å². The van der Waals surface area contributed by atoms with Gasteiger partial charge in [-0.1, -0.05) is 99.6 Å². The first-order chi connectivity index (χ1) is 32.2. The van der Waals surface area contributed by atoms with Crippen molar-refractivity contribution in [1.82, 2.24) is 47.9 Å². The third kappa shape index (κ3) is 23.1. The fourth-order valence-electron chi connectivity index (χ4n) is 6.80. The van der Waals surface area contributed by atoms with E-state index in [1.807, 2.05) is 27.7 Å². The lowest BCUT2D eigenvalue weighted by Crippen LogP contribution is -2.60. The highest BCUT2D eigenvalue weighted by Crippen LogP contribution is 2.13. The minimum absolute atomic E-state index is 0.0333. The second-order valence-electron chi connectivity index (χ2n) is 19.2. The Bertz CT molecular complexity index is 1890. The second-order valence-corrected chi connectivity index (χ2v) is 19.2. The second kappa shape index (κ2) is 30.4. The van der Waals surface area contributed by atoms with Crippen molar-refractivity contribution in [3.63, 3.8) is 0 Å². The first-order valence-corrected chi connectivity index (χ1v) is 23.5. The normalized spacial score (nSPS) is 14.8. The maximum atomic E-state index is 14.2. The van der Waals surface area contributed by atoms with Crippen LogP contribution in [-0.2, 0) is 54.4 Å². The van der Waals surface area contributed by atoms with Gasteiger partial charge in [0.05, 0.1) is 25.7 Å². The van der Waals surface area contributed by atoms with Crippen molar-refractivity contribution in [2.24, 2.45) is 35.3 Å². The molecule has 69 heavy (non-hydrogen) atoms. The number of carboxylic acid groups (broad SMARTS) is 1. The number of carboxylic acids is 1. The molecule has 0 saturated heterocycles. The van der Waals surface area contributed by atoms with Crippen LogP contribution >= 0.6 is 0 Å². The fraction of sp³-hybridized carbons (Fsp3) is 0.660. The number of aliphatic hydroxyl groups is 1. The quantitative estimate of drug-likeness (QED) is 0.0429. The van der Waals surface area contributed by atoms with Gasteiger partial charge in [0.25, 0.3) is 0 Å². The van der Waals surface area contributed by atoms with Gasteiger partial charge in [-0.2, -0.15) is 0 Å². The molecule has 1 aromatic carbocycles. The fourth-order valence-corrected chi connectivity index (χ4v) is 6.80. The number of hydrogen-bond donors (Lipinski definition) is 12. The van der Waals surface area contributed by atoms with Gasteiger partial charge in [0.2, 0.25) is 53.2 Å². The summed E-state index contributed by atoms with van der Waals surface area (Å²) in [6.07, 6.45) is 0.290. The number of rotatable bonds is 30. The number of carbonyl (C=O) groups is 10. The average molecular weight is 975 g/mol. The Balaban J connectivity index is 3.24. The van der Waals surface area contributed by atoms with Gasteiger partial charge in [-0.05, 0) is 61.3 Å². The summed E-state index contributed by atoms with van der Waals surface area (Å²) >= 11 is 0. The van der Waals surface area contributed by atoms with Gasteiger partial charge in [-0.25, -0.2) is 4.79 Å². The van der Waals surface area contributed by atoms with Crippen LogP contribution < -0.4 is 53.6 Å². The highest BCUT2D eigenvalue weighted by molar-refractivity contribution is 5.97. The Hall–Kier alpha value is -6.16. The van der Waals surface area contributed by atoms with Crippen molar-refractivity contribution in [3.05, 3.63) is 35.9 Å². The van der Waals surface area contributed by atoms with Crippen molar-refractivity contribution in [3.8, 4) is 0 Å². The van der Waals surface area contributed by atoms with Crippen LogP contribution in [0, 0.1) is 29.6 Å². The monoisotopic (exact) mass is 975 g/mol. The molecule has 1 aromatic rings. The van der Waals surface area contributed by atoms with Crippen molar-refractivity contribution >= 4 is 59.1 Å². The van der Waals surface area contributed by atoms with E-state index < -0.39 is 133 Å². The van der Waals surface area contributed by atoms with Crippen molar-refractivity contribution in [2.45, 2.75) is 150 Å². The first kappa shape index (κ1) is 60.9. The number of aliphatic carboxylic acids is 1. The van der Waals surface area contributed by atoms with Gasteiger partial charge in [0, 0.05) is 6.42 Å². The molecule has 8 atom stereocenters. The van der Waals surface area contributed by atoms with Crippen LogP contribution in [0.4, 0.5) is 0 Å². The number of carbonyl (C=O) groups excluding carboxylic acids is 9. The lowest BCUT2D eigenvalue weighted by atomic mass is 9.98. The van der Waals surface area contributed by atoms with Crippen LogP contribution in [0.15, 0.2) is 30.3 Å². The zero-order valence-electron chi connectivity index (χ0n) is 41.9. The molecule has 0 aromatic heterocycles. The Morgan fingerprint density at radius 1 is 0.464 bits per heavy atom. The molecule has 0 unspecified atom stereocenters. The van der Waals surface area contributed by atoms with E-state index in [0.29, 0.717) is 5.56 Å². The van der Waals surface area contributed by atoms with Gasteiger partial charge in [0.15, 0.2) is 0 Å². The van der Waals surface area contributed by atoms with E-state index in [1.54, 1.807) is 71.9 Å². The van der Waals surface area contributed by atoms with Crippen molar-refractivity contribution < 1.29 is 58.2 Å². The van der Waals surface area contributed by atoms with Gasteiger partial charge in [-0.15, -0.1) is 0 Å². The standard InChI is InChI=1S/C47H78N10O12/c1-24(2)17-31(41(62)53-34(20-30-15-13-12-14-16-30)44(65)52-32(18-25(3)4)43(64)55-35(23-58)47(68)69)51-42(63)33(19-26(5)6)54-46(67)39(28(9)10)56-37(60)22-49-36(59)21-50-45(66)38(27(7)8)57-40(61)29(11)48/h12-16,24-29,31-35,38-39,58H,17-23,48H2,1-11H3,(H,49,59)(H,50,66)(H,51,63)(H,52,65)(H,53,62)(H,54,67)(H,55,64)(H,56,60)(H,57,61)(H,68,69)/t29-,31-,32-,33-,34-,35-,38-,39-/m0/s1. The van der Waals surface area contributed by atoms with Gasteiger partial charge in [0.1, 0.15) is 42.3 Å². The predicted octanol–water partition coefficient (Wildman–Crippen LogP) is -1.27. The molecule has 22 nitrogen and oxygen atoms in total. The topological polar surface area (TPSA) is 345 Å². The average Bonchev–Trinajstić information content (AvgIpc) is 3.25. The van der Waals surface area contributed by atoms with Crippen LogP contribution in [0.2, 0.25) is 0 Å². The van der Waals surface area contributed by atoms with E-state index in [-0.39, 0.29) is 49.4 Å². The Labute approximate surface area is 405 Å². The largest absolute Gasteiger partial charge is 0.480 e. The van der Waals surface area contributed by atoms with E-state index in [4.69, 9.17) is 5.73 Å². The van der Waals surface area contributed by atoms with Gasteiger partial charge < -0.3 is 63.8 Å². The number of nitrogens with two attached hydrogens (primary N) is 1. The minimum atomic E-state index is -1.62. The zero-order valence-corrected chi connectivity index (χ0v) is 41.9. The number of benzene rings is 1. The molecule has 1 rings (SSSR count). The van der Waals surface area contributed by atoms with Crippen LogP contribution in [0.3, 0.4) is 0 Å². The number of amides is 9. The van der Waals surface area contributed by atoms with E-state index >= 15 is 0 Å². The minimum Gasteiger partial charge on any atom is -0.480 e. The molecule has 0 bridgehead atoms. The Kier molecular flexibility index (Phi) is 26.8. The Morgan fingerprint density at radius 3 is 1.26 bits per heavy atom. The molecule has 0 radical (unpaired) electrons. The van der Waals surface area contributed by atoms with Crippen LogP contribution in [-0.4, -0.2) is 137 Å². The molecular weight excluding hydrogens is 897 g/mol. The van der Waals surface area contributed by atoms with E-state index in [1.165, 1.54) is 6.92 Å². The maximum Gasteiger partial charge on any atom is 0.328 e. The summed E-state index contributed by atoms with van der Waals surface area (Å²) in [5, 5.41) is 41.8. The molecule has 0 saturated carbocycles. The number of aliphatic hydroxyl groups excluding tert-OH is 1. The molecule has 0 aliphatic carbocycles. The molecule has 0 aliphatic rings. The summed E-state index contributed by atoms with van der Waals surface area (Å²) in [7, 11) is 0. The van der Waals surface area contributed by atoms with Crippen LogP contribution in [0.25, 0.3) is 0 Å². The van der Waals surface area contributed by atoms with Crippen molar-refractivity contribution in [2.75, 3.05) is 19.7 Å². The molecular formula is C47H78N10O12. The predicted molar refractivity (Wildman–Crippen MR) is 256 cm³/mol. The molecule has 0 fully saturated rings.